The van der Waals surface area contributed by atoms with Gasteiger partial charge in [0.05, 0.1) is 10.7 Å². The van der Waals surface area contributed by atoms with Crippen molar-refractivity contribution >= 4 is 52.1 Å². The van der Waals surface area contributed by atoms with Crippen LogP contribution in [0, 0.1) is 0 Å². The summed E-state index contributed by atoms with van der Waals surface area (Å²) in [4.78, 5) is 25.1. The number of benzene rings is 1. The molecule has 0 aliphatic carbocycles. The summed E-state index contributed by atoms with van der Waals surface area (Å²) < 4.78 is 5.15. The van der Waals surface area contributed by atoms with Crippen LogP contribution in [0.2, 0.25) is 10.0 Å². The van der Waals surface area contributed by atoms with E-state index in [0.29, 0.717) is 22.2 Å². The molecule has 24 heavy (non-hydrogen) atoms. The lowest BCUT2D eigenvalue weighted by Crippen LogP contribution is -2.30. The van der Waals surface area contributed by atoms with Crippen LogP contribution in [0.25, 0.3) is 0 Å². The molecule has 2 aromatic rings. The summed E-state index contributed by atoms with van der Waals surface area (Å²) in [5.41, 5.74) is 0.423. The van der Waals surface area contributed by atoms with Gasteiger partial charge in [-0.1, -0.05) is 29.3 Å². The lowest BCUT2D eigenvalue weighted by atomic mass is 10.2. The number of hydrogen-bond donors (Lipinski definition) is 1. The summed E-state index contributed by atoms with van der Waals surface area (Å²) >= 11 is 13.5. The molecule has 1 aromatic carbocycles. The van der Waals surface area contributed by atoms with E-state index in [1.165, 1.54) is 17.9 Å². The summed E-state index contributed by atoms with van der Waals surface area (Å²) in [5, 5.41) is 5.42. The lowest BCUT2D eigenvalue weighted by molar-refractivity contribution is -0.153. The highest BCUT2D eigenvalue weighted by Crippen LogP contribution is 2.25. The van der Waals surface area contributed by atoms with Crippen molar-refractivity contribution in [2.45, 2.75) is 32.3 Å². The average Bonchev–Trinajstić information content (AvgIpc) is 3.03. The Bertz CT molecular complexity index is 704. The molecule has 0 saturated heterocycles. The van der Waals surface area contributed by atoms with Crippen molar-refractivity contribution in [3.8, 4) is 0 Å². The minimum Gasteiger partial charge on any atom is -0.453 e. The van der Waals surface area contributed by atoms with Crippen molar-refractivity contribution in [2.24, 2.45) is 0 Å². The third-order valence-corrected chi connectivity index (χ3v) is 4.73. The van der Waals surface area contributed by atoms with Gasteiger partial charge in [-0.25, -0.2) is 0 Å². The number of carbonyl (C=O) groups is 2. The zero-order valence-corrected chi connectivity index (χ0v) is 15.4. The van der Waals surface area contributed by atoms with E-state index in [0.717, 1.165) is 6.42 Å². The maximum atomic E-state index is 12.1. The Morgan fingerprint density at radius 1 is 1.29 bits per heavy atom. The molecule has 0 radical (unpaired) electrons. The van der Waals surface area contributed by atoms with Crippen molar-refractivity contribution in [2.75, 3.05) is 5.32 Å². The van der Waals surface area contributed by atoms with E-state index in [-0.39, 0.29) is 6.42 Å². The largest absolute Gasteiger partial charge is 0.453 e. The number of esters is 1. The molecule has 1 heterocycles. The minimum atomic E-state index is -0.897. The van der Waals surface area contributed by atoms with E-state index in [9.17, 15) is 9.59 Å². The number of halogens is 2. The molecule has 0 saturated carbocycles. The molecule has 0 aliphatic heterocycles. The van der Waals surface area contributed by atoms with Crippen LogP contribution >= 0.6 is 34.5 Å². The van der Waals surface area contributed by atoms with Crippen LogP contribution < -0.4 is 5.32 Å². The molecular formula is C17H17Cl2NO3S. The number of anilines is 1. The second-order valence-electron chi connectivity index (χ2n) is 5.18. The van der Waals surface area contributed by atoms with Gasteiger partial charge in [0.25, 0.3) is 5.91 Å². The van der Waals surface area contributed by atoms with Crippen molar-refractivity contribution in [3.63, 3.8) is 0 Å². The SMILES string of the molecule is C[C@H](OC(=O)CCCc1cccs1)C(=O)Nc1ccc(Cl)cc1Cl. The molecule has 1 amide bonds. The van der Waals surface area contributed by atoms with Gasteiger partial charge in [-0.2, -0.15) is 0 Å². The van der Waals surface area contributed by atoms with Gasteiger partial charge in [0.2, 0.25) is 0 Å². The molecule has 0 unspecified atom stereocenters. The van der Waals surface area contributed by atoms with Crippen LogP contribution in [0.3, 0.4) is 0 Å². The molecule has 2 rings (SSSR count). The minimum absolute atomic E-state index is 0.275. The Hall–Kier alpha value is -1.56. The molecule has 0 spiro atoms. The summed E-state index contributed by atoms with van der Waals surface area (Å²) in [6.45, 7) is 1.52. The van der Waals surface area contributed by atoms with E-state index in [1.807, 2.05) is 17.5 Å². The molecule has 1 aromatic heterocycles. The van der Waals surface area contributed by atoms with Gasteiger partial charge < -0.3 is 10.1 Å². The number of thiophene rings is 1. The molecule has 1 atom stereocenters. The highest BCUT2D eigenvalue weighted by atomic mass is 35.5. The predicted octanol–water partition coefficient (Wildman–Crippen LogP) is 4.95. The molecule has 1 N–H and O–H groups in total. The van der Waals surface area contributed by atoms with Crippen LogP contribution in [-0.4, -0.2) is 18.0 Å². The van der Waals surface area contributed by atoms with E-state index >= 15 is 0 Å². The first-order chi connectivity index (χ1) is 11.5. The van der Waals surface area contributed by atoms with Crippen LogP contribution in [0.1, 0.15) is 24.6 Å². The van der Waals surface area contributed by atoms with E-state index < -0.39 is 18.0 Å². The average molecular weight is 386 g/mol. The summed E-state index contributed by atoms with van der Waals surface area (Å²) in [7, 11) is 0. The fourth-order valence-electron chi connectivity index (χ4n) is 2.00. The van der Waals surface area contributed by atoms with Gasteiger partial charge in [-0.3, -0.25) is 9.59 Å². The number of carbonyl (C=O) groups excluding carboxylic acids is 2. The number of rotatable bonds is 7. The summed E-state index contributed by atoms with van der Waals surface area (Å²) in [5.74, 6) is -0.831. The maximum absolute atomic E-state index is 12.1. The molecular weight excluding hydrogens is 369 g/mol. The van der Waals surface area contributed by atoms with Crippen LogP contribution in [0.15, 0.2) is 35.7 Å². The monoisotopic (exact) mass is 385 g/mol. The second kappa shape index (κ2) is 9.06. The number of amides is 1. The van der Waals surface area contributed by atoms with Crippen LogP contribution in [0.5, 0.6) is 0 Å². The van der Waals surface area contributed by atoms with Crippen molar-refractivity contribution in [1.82, 2.24) is 0 Å². The van der Waals surface area contributed by atoms with Gasteiger partial charge in [0.1, 0.15) is 0 Å². The van der Waals surface area contributed by atoms with Crippen molar-refractivity contribution in [1.29, 1.82) is 0 Å². The second-order valence-corrected chi connectivity index (χ2v) is 7.05. The van der Waals surface area contributed by atoms with Gasteiger partial charge in [0.15, 0.2) is 6.10 Å². The molecule has 0 fully saturated rings. The Kier molecular flexibility index (Phi) is 7.09. The zero-order valence-electron chi connectivity index (χ0n) is 13.1. The molecule has 0 aliphatic rings. The first-order valence-corrected chi connectivity index (χ1v) is 9.07. The maximum Gasteiger partial charge on any atom is 0.306 e. The molecule has 4 nitrogen and oxygen atoms in total. The Morgan fingerprint density at radius 3 is 2.75 bits per heavy atom. The quantitative estimate of drug-likeness (QED) is 0.686. The number of nitrogens with one attached hydrogen (secondary N) is 1. The first kappa shape index (κ1) is 18.8. The molecule has 7 heteroatoms. The first-order valence-electron chi connectivity index (χ1n) is 7.43. The van der Waals surface area contributed by atoms with Crippen LogP contribution in [0.4, 0.5) is 5.69 Å². The highest BCUT2D eigenvalue weighted by molar-refractivity contribution is 7.09. The summed E-state index contributed by atoms with van der Waals surface area (Å²) in [6.07, 6.45) is 0.896. The smallest absolute Gasteiger partial charge is 0.306 e. The van der Waals surface area contributed by atoms with Crippen molar-refractivity contribution in [3.05, 3.63) is 50.6 Å². The Morgan fingerprint density at radius 2 is 2.08 bits per heavy atom. The van der Waals surface area contributed by atoms with E-state index in [4.69, 9.17) is 27.9 Å². The summed E-state index contributed by atoms with van der Waals surface area (Å²) in [6, 6.07) is 8.75. The number of aryl methyl sites for hydroxylation is 1. The standard InChI is InChI=1S/C17H17Cl2NO3S/c1-11(17(22)20-15-8-7-12(18)10-14(15)19)23-16(21)6-2-4-13-5-3-9-24-13/h3,5,7-11H,2,4,6H2,1H3,(H,20,22)/t11-/m0/s1. The van der Waals surface area contributed by atoms with Gasteiger partial charge in [-0.15, -0.1) is 11.3 Å². The van der Waals surface area contributed by atoms with E-state index in [2.05, 4.69) is 5.32 Å². The third kappa shape index (κ3) is 5.82. The van der Waals surface area contributed by atoms with Gasteiger partial charge in [0, 0.05) is 16.3 Å². The van der Waals surface area contributed by atoms with Crippen LogP contribution in [-0.2, 0) is 20.7 Å². The lowest BCUT2D eigenvalue weighted by Gasteiger charge is -2.14. The van der Waals surface area contributed by atoms with E-state index in [1.54, 1.807) is 23.5 Å². The highest BCUT2D eigenvalue weighted by Gasteiger charge is 2.18. The number of ether oxygens (including phenoxy) is 1. The van der Waals surface area contributed by atoms with Gasteiger partial charge in [-0.05, 0) is 49.4 Å². The molecule has 0 bridgehead atoms. The van der Waals surface area contributed by atoms with Crippen molar-refractivity contribution < 1.29 is 14.3 Å². The molecule has 128 valence electrons. The topological polar surface area (TPSA) is 55.4 Å². The van der Waals surface area contributed by atoms with Gasteiger partial charge >= 0.3 is 5.97 Å². The number of hydrogen-bond acceptors (Lipinski definition) is 4. The fourth-order valence-corrected chi connectivity index (χ4v) is 3.20. The zero-order chi connectivity index (χ0) is 17.5. The third-order valence-electron chi connectivity index (χ3n) is 3.25. The Balaban J connectivity index is 1.76. The fraction of sp³-hybridized carbons (Fsp3) is 0.294. The predicted molar refractivity (Wildman–Crippen MR) is 97.9 cm³/mol. The normalized spacial score (nSPS) is 11.8. The Labute approximate surface area is 154 Å².